The Labute approximate surface area is 163 Å². The second-order valence-corrected chi connectivity index (χ2v) is 7.10. The van der Waals surface area contributed by atoms with Gasteiger partial charge >= 0.3 is 0 Å². The van der Waals surface area contributed by atoms with Gasteiger partial charge in [0.25, 0.3) is 11.6 Å². The number of para-hydroxylation sites is 2. The molecule has 1 fully saturated rings. The number of nitro benzene ring substituents is 1. The quantitative estimate of drug-likeness (QED) is 0.502. The zero-order valence-electron chi connectivity index (χ0n) is 14.3. The number of hydrazine groups is 1. The fourth-order valence-corrected chi connectivity index (χ4v) is 3.40. The van der Waals surface area contributed by atoms with Crippen LogP contribution in [0.1, 0.15) is 23.3 Å². The lowest BCUT2D eigenvalue weighted by molar-refractivity contribution is -0.384. The van der Waals surface area contributed by atoms with Crippen molar-refractivity contribution < 1.29 is 14.5 Å². The third-order valence-corrected chi connectivity index (χ3v) is 4.93. The molecule has 27 heavy (non-hydrogen) atoms. The number of aromatic amines is 1. The maximum absolute atomic E-state index is 12.3. The van der Waals surface area contributed by atoms with E-state index in [0.717, 1.165) is 4.47 Å². The van der Waals surface area contributed by atoms with Crippen molar-refractivity contribution in [2.75, 3.05) is 18.0 Å². The number of carbonyl (C=O) groups excluding carboxylic acids is 2. The van der Waals surface area contributed by atoms with E-state index in [1.807, 2.05) is 4.90 Å². The number of nitrogens with zero attached hydrogens (tertiary/aromatic N) is 2. The Morgan fingerprint density at radius 1 is 1.22 bits per heavy atom. The normalized spacial score (nSPS) is 14.6. The number of benzene rings is 1. The number of H-pyrrole nitrogens is 1. The van der Waals surface area contributed by atoms with Gasteiger partial charge in [0.15, 0.2) is 0 Å². The molecule has 0 atom stereocenters. The van der Waals surface area contributed by atoms with Gasteiger partial charge in [0.1, 0.15) is 11.4 Å². The van der Waals surface area contributed by atoms with Crippen molar-refractivity contribution in [3.8, 4) is 0 Å². The van der Waals surface area contributed by atoms with Gasteiger partial charge in [0.05, 0.1) is 4.92 Å². The number of piperidine rings is 1. The molecule has 0 spiro atoms. The van der Waals surface area contributed by atoms with E-state index in [0.29, 0.717) is 37.3 Å². The highest BCUT2D eigenvalue weighted by Crippen LogP contribution is 2.31. The smallest absolute Gasteiger partial charge is 0.292 e. The van der Waals surface area contributed by atoms with Gasteiger partial charge in [-0.25, -0.2) is 0 Å². The summed E-state index contributed by atoms with van der Waals surface area (Å²) in [5, 5.41) is 11.2. The maximum atomic E-state index is 12.3. The summed E-state index contributed by atoms with van der Waals surface area (Å²) < 4.78 is 0.737. The lowest BCUT2D eigenvalue weighted by atomic mass is 9.95. The van der Waals surface area contributed by atoms with Crippen LogP contribution < -0.4 is 15.8 Å². The zero-order chi connectivity index (χ0) is 19.4. The van der Waals surface area contributed by atoms with Gasteiger partial charge in [-0.2, -0.15) is 0 Å². The molecule has 1 aromatic heterocycles. The number of nitrogens with one attached hydrogen (secondary N) is 3. The van der Waals surface area contributed by atoms with Gasteiger partial charge < -0.3 is 9.88 Å². The third kappa shape index (κ3) is 4.45. The van der Waals surface area contributed by atoms with Crippen LogP contribution >= 0.6 is 15.9 Å². The lowest BCUT2D eigenvalue weighted by Gasteiger charge is -2.32. The van der Waals surface area contributed by atoms with Crippen molar-refractivity contribution >= 4 is 39.1 Å². The number of anilines is 1. The largest absolute Gasteiger partial charge is 0.366 e. The van der Waals surface area contributed by atoms with Crippen molar-refractivity contribution in [2.45, 2.75) is 12.8 Å². The summed E-state index contributed by atoms with van der Waals surface area (Å²) in [6.45, 7) is 1.06. The summed E-state index contributed by atoms with van der Waals surface area (Å²) in [5.74, 6) is -0.970. The minimum Gasteiger partial charge on any atom is -0.366 e. The Balaban J connectivity index is 1.52. The topological polar surface area (TPSA) is 120 Å². The summed E-state index contributed by atoms with van der Waals surface area (Å²) in [6, 6.07) is 8.19. The zero-order valence-corrected chi connectivity index (χ0v) is 15.9. The highest BCUT2D eigenvalue weighted by atomic mass is 79.9. The van der Waals surface area contributed by atoms with E-state index in [-0.39, 0.29) is 17.5 Å². The van der Waals surface area contributed by atoms with Crippen LogP contribution in [-0.2, 0) is 4.79 Å². The maximum Gasteiger partial charge on any atom is 0.292 e. The van der Waals surface area contributed by atoms with E-state index in [1.54, 1.807) is 30.5 Å². The standard InChI is InChI=1S/C17H18BrN5O4/c18-12-9-13(19-10-12)17(25)21-20-16(24)11-5-7-22(8-6-11)14-3-1-2-4-15(14)23(26)27/h1-4,9-11,19H,5-8H2,(H,20,24)(H,21,25). The number of carbonyl (C=O) groups is 2. The Morgan fingerprint density at radius 2 is 1.93 bits per heavy atom. The summed E-state index contributed by atoms with van der Waals surface area (Å²) >= 11 is 3.24. The van der Waals surface area contributed by atoms with Crippen LogP contribution in [0.15, 0.2) is 41.0 Å². The van der Waals surface area contributed by atoms with E-state index in [4.69, 9.17) is 0 Å². The van der Waals surface area contributed by atoms with Crippen molar-refractivity contribution in [3.63, 3.8) is 0 Å². The van der Waals surface area contributed by atoms with Crippen molar-refractivity contribution in [1.29, 1.82) is 0 Å². The fourth-order valence-electron chi connectivity index (χ4n) is 3.06. The molecule has 1 aromatic carbocycles. The molecule has 0 aliphatic carbocycles. The van der Waals surface area contributed by atoms with E-state index in [2.05, 4.69) is 31.8 Å². The second-order valence-electron chi connectivity index (χ2n) is 6.18. The molecule has 0 bridgehead atoms. The van der Waals surface area contributed by atoms with Crippen LogP contribution in [0.25, 0.3) is 0 Å². The van der Waals surface area contributed by atoms with Gasteiger partial charge in [-0.15, -0.1) is 0 Å². The molecule has 1 saturated heterocycles. The Bertz CT molecular complexity index is 861. The third-order valence-electron chi connectivity index (χ3n) is 4.48. The first-order chi connectivity index (χ1) is 13.0. The molecular formula is C17H18BrN5O4. The molecule has 0 saturated carbocycles. The molecule has 1 aliphatic heterocycles. The predicted octanol–water partition coefficient (Wildman–Crippen LogP) is 2.36. The number of aromatic nitrogens is 1. The monoisotopic (exact) mass is 435 g/mol. The molecule has 0 radical (unpaired) electrons. The molecule has 0 unspecified atom stereocenters. The van der Waals surface area contributed by atoms with Crippen LogP contribution in [0.5, 0.6) is 0 Å². The Kier molecular flexibility index (Phi) is 5.75. The first kappa shape index (κ1) is 18.9. The molecule has 3 rings (SSSR count). The lowest BCUT2D eigenvalue weighted by Crippen LogP contribution is -2.47. The molecule has 142 valence electrons. The number of amides is 2. The van der Waals surface area contributed by atoms with Crippen molar-refractivity contribution in [2.24, 2.45) is 5.92 Å². The molecule has 2 amide bonds. The van der Waals surface area contributed by atoms with Gasteiger partial charge in [-0.3, -0.25) is 30.6 Å². The number of hydrogen-bond donors (Lipinski definition) is 3. The second kappa shape index (κ2) is 8.21. The van der Waals surface area contributed by atoms with E-state index < -0.39 is 10.8 Å². The summed E-state index contributed by atoms with van der Waals surface area (Å²) in [6.07, 6.45) is 2.71. The summed E-state index contributed by atoms with van der Waals surface area (Å²) in [7, 11) is 0. The first-order valence-electron chi connectivity index (χ1n) is 8.38. The van der Waals surface area contributed by atoms with Gasteiger partial charge in [-0.1, -0.05) is 12.1 Å². The van der Waals surface area contributed by atoms with Crippen molar-refractivity contribution in [3.05, 3.63) is 56.8 Å². The molecule has 9 nitrogen and oxygen atoms in total. The minimum absolute atomic E-state index is 0.0600. The van der Waals surface area contributed by atoms with Gasteiger partial charge in [-0.05, 0) is 40.9 Å². The first-order valence-corrected chi connectivity index (χ1v) is 9.17. The molecule has 1 aliphatic rings. The Hall–Kier alpha value is -2.88. The van der Waals surface area contributed by atoms with Crippen molar-refractivity contribution in [1.82, 2.24) is 15.8 Å². The molecule has 2 heterocycles. The summed E-state index contributed by atoms with van der Waals surface area (Å²) in [4.78, 5) is 39.7. The minimum atomic E-state index is -0.439. The van der Waals surface area contributed by atoms with Crippen LogP contribution in [0.4, 0.5) is 11.4 Å². The molecule has 10 heteroatoms. The molecule has 3 N–H and O–H groups in total. The van der Waals surface area contributed by atoms with Crippen LogP contribution in [-0.4, -0.2) is 34.8 Å². The highest BCUT2D eigenvalue weighted by molar-refractivity contribution is 9.10. The average molecular weight is 436 g/mol. The Morgan fingerprint density at radius 3 is 2.56 bits per heavy atom. The molecule has 2 aromatic rings. The van der Waals surface area contributed by atoms with E-state index in [1.165, 1.54) is 6.07 Å². The number of rotatable bonds is 4. The number of hydrogen-bond acceptors (Lipinski definition) is 5. The number of nitro groups is 1. The summed E-state index contributed by atoms with van der Waals surface area (Å²) in [5.41, 5.74) is 5.78. The van der Waals surface area contributed by atoms with Crippen LogP contribution in [0, 0.1) is 16.0 Å². The SMILES string of the molecule is O=C(NNC(=O)C1CCN(c2ccccc2[N+](=O)[O-])CC1)c1cc(Br)c[nH]1. The van der Waals surface area contributed by atoms with E-state index in [9.17, 15) is 19.7 Å². The highest BCUT2D eigenvalue weighted by Gasteiger charge is 2.28. The van der Waals surface area contributed by atoms with E-state index >= 15 is 0 Å². The fraction of sp³-hybridized carbons (Fsp3) is 0.294. The predicted molar refractivity (Wildman–Crippen MR) is 102 cm³/mol. The molecular weight excluding hydrogens is 418 g/mol. The number of halogens is 1. The van der Waals surface area contributed by atoms with Gasteiger partial charge in [0.2, 0.25) is 5.91 Å². The van der Waals surface area contributed by atoms with Crippen LogP contribution in [0.2, 0.25) is 0 Å². The van der Waals surface area contributed by atoms with Gasteiger partial charge in [0, 0.05) is 35.7 Å². The average Bonchev–Trinajstić information content (AvgIpc) is 3.12. The van der Waals surface area contributed by atoms with Crippen LogP contribution in [0.3, 0.4) is 0 Å².